The molecule has 4 heteroatoms. The lowest BCUT2D eigenvalue weighted by Gasteiger charge is -2.31. The standard InChI is InChI=1S/C22H28N2O2/c1-3-17-9-7-8-12-20(17)26-21(18-10-5-4-6-11-18)22(25)24-19-13-14-23-15-16(19)2/h4-12,16,19,21,23H,3,13-15H2,1-2H3,(H,24,25). The van der Waals surface area contributed by atoms with Crippen molar-refractivity contribution in [3.05, 3.63) is 65.7 Å². The zero-order valence-electron chi connectivity index (χ0n) is 15.6. The molecule has 26 heavy (non-hydrogen) atoms. The van der Waals surface area contributed by atoms with E-state index in [0.29, 0.717) is 5.92 Å². The third-order valence-corrected chi connectivity index (χ3v) is 5.05. The van der Waals surface area contributed by atoms with Crippen LogP contribution in [0.15, 0.2) is 54.6 Å². The smallest absolute Gasteiger partial charge is 0.266 e. The molecule has 2 aromatic carbocycles. The van der Waals surface area contributed by atoms with Crippen LogP contribution in [0.25, 0.3) is 0 Å². The van der Waals surface area contributed by atoms with Crippen LogP contribution in [-0.4, -0.2) is 25.0 Å². The molecule has 0 aliphatic carbocycles. The highest BCUT2D eigenvalue weighted by molar-refractivity contribution is 5.83. The van der Waals surface area contributed by atoms with Crippen molar-refractivity contribution < 1.29 is 9.53 Å². The minimum atomic E-state index is -0.647. The number of nitrogens with one attached hydrogen (secondary N) is 2. The summed E-state index contributed by atoms with van der Waals surface area (Å²) in [7, 11) is 0. The summed E-state index contributed by atoms with van der Waals surface area (Å²) >= 11 is 0. The largest absolute Gasteiger partial charge is 0.476 e. The number of rotatable bonds is 6. The van der Waals surface area contributed by atoms with Crippen molar-refractivity contribution in [3.8, 4) is 5.75 Å². The van der Waals surface area contributed by atoms with Crippen molar-refractivity contribution in [1.82, 2.24) is 10.6 Å². The van der Waals surface area contributed by atoms with Crippen molar-refractivity contribution in [2.24, 2.45) is 5.92 Å². The summed E-state index contributed by atoms with van der Waals surface area (Å²) in [5.41, 5.74) is 1.98. The Morgan fingerprint density at radius 2 is 1.92 bits per heavy atom. The highest BCUT2D eigenvalue weighted by Gasteiger charge is 2.29. The summed E-state index contributed by atoms with van der Waals surface area (Å²) < 4.78 is 6.23. The van der Waals surface area contributed by atoms with Gasteiger partial charge in [-0.15, -0.1) is 0 Å². The van der Waals surface area contributed by atoms with Gasteiger partial charge in [-0.1, -0.05) is 62.4 Å². The zero-order valence-corrected chi connectivity index (χ0v) is 15.6. The fourth-order valence-corrected chi connectivity index (χ4v) is 3.43. The molecule has 3 rings (SSSR count). The minimum absolute atomic E-state index is 0.0687. The molecule has 0 saturated carbocycles. The molecule has 1 aliphatic heterocycles. The number of piperidine rings is 1. The maximum Gasteiger partial charge on any atom is 0.266 e. The number of benzene rings is 2. The van der Waals surface area contributed by atoms with Crippen LogP contribution in [0.2, 0.25) is 0 Å². The summed E-state index contributed by atoms with van der Waals surface area (Å²) in [5, 5.41) is 6.59. The van der Waals surface area contributed by atoms with Gasteiger partial charge in [-0.25, -0.2) is 0 Å². The summed E-state index contributed by atoms with van der Waals surface area (Å²) in [5.74, 6) is 1.12. The van der Waals surface area contributed by atoms with E-state index >= 15 is 0 Å². The number of carbonyl (C=O) groups excluding carboxylic acids is 1. The second-order valence-corrected chi connectivity index (χ2v) is 6.96. The Balaban J connectivity index is 1.82. The summed E-state index contributed by atoms with van der Waals surface area (Å²) in [6, 6.07) is 17.8. The van der Waals surface area contributed by atoms with Crippen molar-refractivity contribution in [2.75, 3.05) is 13.1 Å². The monoisotopic (exact) mass is 352 g/mol. The lowest BCUT2D eigenvalue weighted by Crippen LogP contribution is -2.50. The highest BCUT2D eigenvalue weighted by Crippen LogP contribution is 2.26. The molecule has 138 valence electrons. The summed E-state index contributed by atoms with van der Waals surface area (Å²) in [6.07, 6.45) is 1.16. The van der Waals surface area contributed by atoms with Crippen molar-refractivity contribution in [1.29, 1.82) is 0 Å². The molecular weight excluding hydrogens is 324 g/mol. The predicted molar refractivity (Wildman–Crippen MR) is 104 cm³/mol. The van der Waals surface area contributed by atoms with Gasteiger partial charge in [-0.05, 0) is 43.5 Å². The lowest BCUT2D eigenvalue weighted by atomic mass is 9.95. The molecule has 3 atom stereocenters. The van der Waals surface area contributed by atoms with Gasteiger partial charge < -0.3 is 15.4 Å². The first kappa shape index (κ1) is 18.5. The molecule has 3 unspecified atom stereocenters. The maximum atomic E-state index is 13.1. The first-order valence-corrected chi connectivity index (χ1v) is 9.49. The van der Waals surface area contributed by atoms with E-state index in [1.807, 2.05) is 54.6 Å². The molecule has 2 aromatic rings. The van der Waals surface area contributed by atoms with Crippen LogP contribution in [0.1, 0.15) is 37.5 Å². The molecule has 1 saturated heterocycles. The number of aryl methyl sites for hydroxylation is 1. The van der Waals surface area contributed by atoms with Gasteiger partial charge in [0.15, 0.2) is 0 Å². The SMILES string of the molecule is CCc1ccccc1OC(C(=O)NC1CCNCC1C)c1ccccc1. The average Bonchev–Trinajstić information content (AvgIpc) is 2.68. The Labute approximate surface area is 156 Å². The minimum Gasteiger partial charge on any atom is -0.476 e. The Bertz CT molecular complexity index is 717. The molecule has 1 fully saturated rings. The summed E-state index contributed by atoms with van der Waals surface area (Å²) in [6.45, 7) is 6.13. The van der Waals surface area contributed by atoms with Crippen LogP contribution in [0.5, 0.6) is 5.75 Å². The van der Waals surface area contributed by atoms with Crippen molar-refractivity contribution in [3.63, 3.8) is 0 Å². The van der Waals surface area contributed by atoms with Gasteiger partial charge >= 0.3 is 0 Å². The number of para-hydroxylation sites is 1. The van der Waals surface area contributed by atoms with Crippen LogP contribution in [0.3, 0.4) is 0 Å². The van der Waals surface area contributed by atoms with Gasteiger partial charge in [-0.3, -0.25) is 4.79 Å². The molecule has 2 N–H and O–H groups in total. The number of hydrogen-bond donors (Lipinski definition) is 2. The van der Waals surface area contributed by atoms with E-state index in [-0.39, 0.29) is 11.9 Å². The normalized spacial score (nSPS) is 21.0. The quantitative estimate of drug-likeness (QED) is 0.837. The van der Waals surface area contributed by atoms with E-state index < -0.39 is 6.10 Å². The molecule has 0 radical (unpaired) electrons. The first-order chi connectivity index (χ1) is 12.7. The number of amides is 1. The van der Waals surface area contributed by atoms with Gasteiger partial charge in [0.1, 0.15) is 5.75 Å². The van der Waals surface area contributed by atoms with Gasteiger partial charge in [0, 0.05) is 11.6 Å². The second-order valence-electron chi connectivity index (χ2n) is 6.96. The van der Waals surface area contributed by atoms with Crippen LogP contribution < -0.4 is 15.4 Å². The maximum absolute atomic E-state index is 13.1. The van der Waals surface area contributed by atoms with Gasteiger partial charge in [-0.2, -0.15) is 0 Å². The van der Waals surface area contributed by atoms with E-state index in [9.17, 15) is 4.79 Å². The lowest BCUT2D eigenvalue weighted by molar-refractivity contribution is -0.129. The topological polar surface area (TPSA) is 50.4 Å². The van der Waals surface area contributed by atoms with Gasteiger partial charge in [0.25, 0.3) is 5.91 Å². The van der Waals surface area contributed by atoms with Crippen molar-refractivity contribution in [2.45, 2.75) is 38.8 Å². The molecule has 0 aromatic heterocycles. The van der Waals surface area contributed by atoms with E-state index in [1.165, 1.54) is 0 Å². The van der Waals surface area contributed by atoms with Gasteiger partial charge in [0.2, 0.25) is 6.10 Å². The van der Waals surface area contributed by atoms with Crippen LogP contribution in [0.4, 0.5) is 0 Å². The zero-order chi connectivity index (χ0) is 18.4. The summed E-state index contributed by atoms with van der Waals surface area (Å²) in [4.78, 5) is 13.1. The Morgan fingerprint density at radius 1 is 1.19 bits per heavy atom. The third-order valence-electron chi connectivity index (χ3n) is 5.05. The Kier molecular flexibility index (Phi) is 6.29. The fourth-order valence-electron chi connectivity index (χ4n) is 3.43. The fraction of sp³-hybridized carbons (Fsp3) is 0.409. The second kappa shape index (κ2) is 8.86. The van der Waals surface area contributed by atoms with Crippen LogP contribution in [-0.2, 0) is 11.2 Å². The molecule has 1 heterocycles. The molecular formula is C22H28N2O2. The molecule has 1 aliphatic rings. The van der Waals surface area contributed by atoms with E-state index in [2.05, 4.69) is 24.5 Å². The number of hydrogen-bond acceptors (Lipinski definition) is 3. The van der Waals surface area contributed by atoms with Crippen molar-refractivity contribution >= 4 is 5.91 Å². The third kappa shape index (κ3) is 4.44. The first-order valence-electron chi connectivity index (χ1n) is 9.49. The van der Waals surface area contributed by atoms with E-state index in [0.717, 1.165) is 42.8 Å². The predicted octanol–water partition coefficient (Wildman–Crippen LogP) is 3.48. The highest BCUT2D eigenvalue weighted by atomic mass is 16.5. The van der Waals surface area contributed by atoms with Gasteiger partial charge in [0.05, 0.1) is 0 Å². The van der Waals surface area contributed by atoms with Crippen LogP contribution in [0, 0.1) is 5.92 Å². The average molecular weight is 352 g/mol. The Morgan fingerprint density at radius 3 is 2.65 bits per heavy atom. The van der Waals surface area contributed by atoms with Crippen LogP contribution >= 0.6 is 0 Å². The van der Waals surface area contributed by atoms with E-state index in [4.69, 9.17) is 4.74 Å². The molecule has 0 spiro atoms. The number of carbonyl (C=O) groups is 1. The molecule has 1 amide bonds. The molecule has 4 nitrogen and oxygen atoms in total. The molecule has 0 bridgehead atoms. The van der Waals surface area contributed by atoms with E-state index in [1.54, 1.807) is 0 Å². The number of ether oxygens (including phenoxy) is 1. The Hall–Kier alpha value is -2.33.